The lowest BCUT2D eigenvalue weighted by atomic mass is 10.2. The van der Waals surface area contributed by atoms with E-state index < -0.39 is 5.82 Å². The van der Waals surface area contributed by atoms with E-state index in [4.69, 9.17) is 15.7 Å². The van der Waals surface area contributed by atoms with Gasteiger partial charge in [0.2, 0.25) is 5.88 Å². The van der Waals surface area contributed by atoms with Crippen LogP contribution in [0.25, 0.3) is 0 Å². The first kappa shape index (κ1) is 13.8. The predicted molar refractivity (Wildman–Crippen MR) is 72.7 cm³/mol. The Hall–Kier alpha value is -2.63. The van der Waals surface area contributed by atoms with E-state index in [0.29, 0.717) is 11.3 Å². The lowest BCUT2D eigenvalue weighted by Gasteiger charge is -2.09. The van der Waals surface area contributed by atoms with Crippen LogP contribution >= 0.6 is 0 Å². The van der Waals surface area contributed by atoms with Gasteiger partial charge in [0.15, 0.2) is 17.4 Å². The van der Waals surface area contributed by atoms with Crippen LogP contribution in [0.5, 0.6) is 11.6 Å². The first-order chi connectivity index (χ1) is 9.49. The molecule has 0 atom stereocenters. The summed E-state index contributed by atoms with van der Waals surface area (Å²) in [6.45, 7) is 3.56. The minimum absolute atomic E-state index is 0.0648. The van der Waals surface area contributed by atoms with Crippen LogP contribution in [0.15, 0.2) is 35.5 Å². The van der Waals surface area contributed by atoms with E-state index >= 15 is 0 Å². The highest BCUT2D eigenvalue weighted by Gasteiger charge is 2.09. The number of benzene rings is 1. The molecule has 104 valence electrons. The second-order valence-corrected chi connectivity index (χ2v) is 4.36. The fraction of sp³-hybridized carbons (Fsp3) is 0.143. The number of oxime groups is 1. The molecule has 0 saturated carbocycles. The summed E-state index contributed by atoms with van der Waals surface area (Å²) in [5, 5.41) is 11.6. The van der Waals surface area contributed by atoms with Crippen molar-refractivity contribution in [1.29, 1.82) is 0 Å². The summed E-state index contributed by atoms with van der Waals surface area (Å²) in [5.41, 5.74) is 7.44. The van der Waals surface area contributed by atoms with Crippen LogP contribution in [0, 0.1) is 19.7 Å². The van der Waals surface area contributed by atoms with Crippen LogP contribution in [0.3, 0.4) is 0 Å². The topological polar surface area (TPSA) is 80.7 Å². The second kappa shape index (κ2) is 5.56. The SMILES string of the molecule is Cc1ccc(F)c(Oc2cc(/C(N)=N/O)cc(C)n2)c1. The van der Waals surface area contributed by atoms with Gasteiger partial charge in [0.1, 0.15) is 0 Å². The Morgan fingerprint density at radius 2 is 2.05 bits per heavy atom. The van der Waals surface area contributed by atoms with Crippen molar-refractivity contribution in [3.63, 3.8) is 0 Å². The maximum Gasteiger partial charge on any atom is 0.220 e. The van der Waals surface area contributed by atoms with E-state index in [2.05, 4.69) is 10.1 Å². The average Bonchev–Trinajstić information content (AvgIpc) is 2.41. The Bertz CT molecular complexity index is 671. The van der Waals surface area contributed by atoms with Crippen molar-refractivity contribution in [1.82, 2.24) is 4.98 Å². The van der Waals surface area contributed by atoms with E-state index in [1.54, 1.807) is 25.1 Å². The molecule has 6 heteroatoms. The molecule has 2 aromatic rings. The van der Waals surface area contributed by atoms with Crippen LogP contribution in [0.4, 0.5) is 4.39 Å². The summed E-state index contributed by atoms with van der Waals surface area (Å²) in [6.07, 6.45) is 0. The second-order valence-electron chi connectivity index (χ2n) is 4.36. The number of hydrogen-bond donors (Lipinski definition) is 2. The highest BCUT2D eigenvalue weighted by Crippen LogP contribution is 2.25. The zero-order valence-corrected chi connectivity index (χ0v) is 11.1. The third-order valence-electron chi connectivity index (χ3n) is 2.63. The van der Waals surface area contributed by atoms with Gasteiger partial charge >= 0.3 is 0 Å². The minimum Gasteiger partial charge on any atom is -0.436 e. The molecular weight excluding hydrogens is 261 g/mol. The molecule has 0 amide bonds. The largest absolute Gasteiger partial charge is 0.436 e. The Morgan fingerprint density at radius 3 is 2.75 bits per heavy atom. The van der Waals surface area contributed by atoms with Crippen molar-refractivity contribution < 1.29 is 14.3 Å². The summed E-state index contributed by atoms with van der Waals surface area (Å²) < 4.78 is 19.1. The van der Waals surface area contributed by atoms with Gasteiger partial charge in [0, 0.05) is 17.3 Å². The van der Waals surface area contributed by atoms with Gasteiger partial charge in [0.05, 0.1) is 0 Å². The third kappa shape index (κ3) is 3.03. The lowest BCUT2D eigenvalue weighted by molar-refractivity contribution is 0.318. The zero-order valence-electron chi connectivity index (χ0n) is 11.1. The van der Waals surface area contributed by atoms with Crippen molar-refractivity contribution in [2.24, 2.45) is 10.9 Å². The van der Waals surface area contributed by atoms with Crippen LogP contribution in [-0.2, 0) is 0 Å². The fourth-order valence-corrected chi connectivity index (χ4v) is 1.70. The van der Waals surface area contributed by atoms with Crippen molar-refractivity contribution in [2.45, 2.75) is 13.8 Å². The van der Waals surface area contributed by atoms with Crippen molar-refractivity contribution in [3.8, 4) is 11.6 Å². The fourth-order valence-electron chi connectivity index (χ4n) is 1.70. The van der Waals surface area contributed by atoms with E-state index in [-0.39, 0.29) is 17.5 Å². The van der Waals surface area contributed by atoms with Crippen LogP contribution in [0.2, 0.25) is 0 Å². The molecule has 0 aliphatic carbocycles. The van der Waals surface area contributed by atoms with E-state index in [1.165, 1.54) is 12.1 Å². The number of aromatic nitrogens is 1. The number of amidine groups is 1. The Balaban J connectivity index is 2.38. The molecule has 0 spiro atoms. The summed E-state index contributed by atoms with van der Waals surface area (Å²) in [5.74, 6) is -0.293. The summed E-state index contributed by atoms with van der Waals surface area (Å²) >= 11 is 0. The number of nitrogens with two attached hydrogens (primary N) is 1. The van der Waals surface area contributed by atoms with Crippen molar-refractivity contribution >= 4 is 5.84 Å². The molecular formula is C14H14FN3O2. The molecule has 0 aliphatic heterocycles. The van der Waals surface area contributed by atoms with Gasteiger partial charge in [-0.05, 0) is 37.6 Å². The van der Waals surface area contributed by atoms with Crippen LogP contribution < -0.4 is 10.5 Å². The van der Waals surface area contributed by atoms with Crippen molar-refractivity contribution in [3.05, 3.63) is 53.0 Å². The zero-order chi connectivity index (χ0) is 14.7. The van der Waals surface area contributed by atoms with Gasteiger partial charge in [-0.25, -0.2) is 9.37 Å². The predicted octanol–water partition coefficient (Wildman–Crippen LogP) is 2.72. The Labute approximate surface area is 115 Å². The number of rotatable bonds is 3. The number of pyridine rings is 1. The summed E-state index contributed by atoms with van der Waals surface area (Å²) in [6, 6.07) is 7.65. The van der Waals surface area contributed by atoms with E-state index in [1.807, 2.05) is 6.92 Å². The molecule has 0 radical (unpaired) electrons. The molecule has 1 heterocycles. The summed E-state index contributed by atoms with van der Waals surface area (Å²) in [7, 11) is 0. The minimum atomic E-state index is -0.482. The van der Waals surface area contributed by atoms with Crippen molar-refractivity contribution in [2.75, 3.05) is 0 Å². The molecule has 2 rings (SSSR count). The van der Waals surface area contributed by atoms with Gasteiger partial charge in [0.25, 0.3) is 0 Å². The number of ether oxygens (including phenoxy) is 1. The molecule has 1 aromatic heterocycles. The Kier molecular flexibility index (Phi) is 3.84. The number of halogens is 1. The van der Waals surface area contributed by atoms with Gasteiger partial charge in [-0.15, -0.1) is 0 Å². The molecule has 0 aliphatic rings. The molecule has 1 aromatic carbocycles. The average molecular weight is 275 g/mol. The highest BCUT2D eigenvalue weighted by atomic mass is 19.1. The quantitative estimate of drug-likeness (QED) is 0.390. The number of nitrogens with zero attached hydrogens (tertiary/aromatic N) is 2. The van der Waals surface area contributed by atoms with Crippen LogP contribution in [-0.4, -0.2) is 16.0 Å². The van der Waals surface area contributed by atoms with E-state index in [9.17, 15) is 4.39 Å². The third-order valence-corrected chi connectivity index (χ3v) is 2.63. The van der Waals surface area contributed by atoms with Gasteiger partial charge in [-0.1, -0.05) is 11.2 Å². The lowest BCUT2D eigenvalue weighted by Crippen LogP contribution is -2.13. The highest BCUT2D eigenvalue weighted by molar-refractivity contribution is 5.97. The summed E-state index contributed by atoms with van der Waals surface area (Å²) in [4.78, 5) is 4.14. The normalized spacial score (nSPS) is 11.4. The molecule has 0 saturated heterocycles. The van der Waals surface area contributed by atoms with Gasteiger partial charge < -0.3 is 15.7 Å². The number of aryl methyl sites for hydroxylation is 2. The Morgan fingerprint density at radius 1 is 1.30 bits per heavy atom. The van der Waals surface area contributed by atoms with Gasteiger partial charge in [-0.3, -0.25) is 0 Å². The molecule has 20 heavy (non-hydrogen) atoms. The van der Waals surface area contributed by atoms with E-state index in [0.717, 1.165) is 5.56 Å². The molecule has 0 unspecified atom stereocenters. The maximum atomic E-state index is 13.6. The molecule has 0 bridgehead atoms. The first-order valence-corrected chi connectivity index (χ1v) is 5.90. The van der Waals surface area contributed by atoms with Crippen LogP contribution in [0.1, 0.15) is 16.8 Å². The smallest absolute Gasteiger partial charge is 0.220 e. The molecule has 3 N–H and O–H groups in total. The standard InChI is InChI=1S/C14H14FN3O2/c1-8-3-4-11(15)12(5-8)20-13-7-10(14(16)18-19)6-9(2)17-13/h3-7,19H,1-2H3,(H2,16,18). The monoisotopic (exact) mass is 275 g/mol. The van der Waals surface area contributed by atoms with Gasteiger partial charge in [-0.2, -0.15) is 0 Å². The first-order valence-electron chi connectivity index (χ1n) is 5.90. The molecule has 0 fully saturated rings. The molecule has 5 nitrogen and oxygen atoms in total. The maximum absolute atomic E-state index is 13.6. The number of hydrogen-bond acceptors (Lipinski definition) is 4.